The van der Waals surface area contributed by atoms with Crippen molar-refractivity contribution in [2.24, 2.45) is 5.73 Å². The number of nitrogens with two attached hydrogens (primary N) is 1. The normalized spacial score (nSPS) is 9.87. The van der Waals surface area contributed by atoms with Gasteiger partial charge in [0.2, 0.25) is 17.7 Å². The van der Waals surface area contributed by atoms with E-state index >= 15 is 0 Å². The predicted octanol–water partition coefficient (Wildman–Crippen LogP) is 8.91. The molecule has 0 aliphatic heterocycles. The molecule has 1 amide bonds. The summed E-state index contributed by atoms with van der Waals surface area (Å²) in [5.41, 5.74) is 5.40. The van der Waals surface area contributed by atoms with Crippen LogP contribution in [0.2, 0.25) is 20.2 Å². The van der Waals surface area contributed by atoms with Gasteiger partial charge in [0.15, 0.2) is 0 Å². The second-order valence-corrected chi connectivity index (χ2v) is 10.7. The third-order valence-electron chi connectivity index (χ3n) is 5.76. The first-order chi connectivity index (χ1) is 21.5. The molecule has 0 atom stereocenters. The van der Waals surface area contributed by atoms with Gasteiger partial charge in [0.1, 0.15) is 15.2 Å². The summed E-state index contributed by atoms with van der Waals surface area (Å²) in [6.07, 6.45) is 12.9. The molecule has 3 aromatic rings. The highest BCUT2D eigenvalue weighted by Crippen LogP contribution is 2.27. The number of hydrogen-bond donors (Lipinski definition) is 3. The van der Waals surface area contributed by atoms with Crippen molar-refractivity contribution in [3.8, 4) is 11.8 Å². The van der Waals surface area contributed by atoms with Gasteiger partial charge in [-0.1, -0.05) is 106 Å². The van der Waals surface area contributed by atoms with Crippen LogP contribution < -0.4 is 15.2 Å². The van der Waals surface area contributed by atoms with E-state index < -0.39 is 17.8 Å². The molecule has 0 radical (unpaired) electrons. The minimum atomic E-state index is -1.11. The Morgan fingerprint density at radius 3 is 1.43 bits per heavy atom. The third-order valence-corrected chi connectivity index (χ3v) is 7.26. The molecule has 0 aliphatic carbocycles. The summed E-state index contributed by atoms with van der Waals surface area (Å²) >= 11 is 22.8. The van der Waals surface area contributed by atoms with Gasteiger partial charge in [-0.05, 0) is 31.0 Å². The first kappa shape index (κ1) is 42.6. The molecule has 3 rings (SSSR count). The van der Waals surface area contributed by atoms with E-state index in [0.717, 1.165) is 32.1 Å². The van der Waals surface area contributed by atoms with Gasteiger partial charge < -0.3 is 25.4 Å². The molecule has 46 heavy (non-hydrogen) atoms. The number of nitrogens with zero attached hydrogens (tertiary/aromatic N) is 3. The number of aromatic nitrogens is 3. The number of amides is 1. The highest BCUT2D eigenvalue weighted by atomic mass is 35.5. The van der Waals surface area contributed by atoms with Gasteiger partial charge in [-0.3, -0.25) is 4.79 Å². The van der Waals surface area contributed by atoms with Gasteiger partial charge in [-0.2, -0.15) is 0 Å². The summed E-state index contributed by atoms with van der Waals surface area (Å²) in [7, 11) is 0. The first-order valence-corrected chi connectivity index (χ1v) is 15.6. The maximum absolute atomic E-state index is 11.0. The largest absolute Gasteiger partial charge is 0.478 e. The second-order valence-electron chi connectivity index (χ2n) is 9.21. The average molecular weight is 722 g/mol. The van der Waals surface area contributed by atoms with Crippen molar-refractivity contribution in [1.82, 2.24) is 15.0 Å². The number of aromatic carboxylic acids is 2. The molecule has 254 valence electrons. The molecular formula is C31H40Cl4N4O7. The van der Waals surface area contributed by atoms with Crippen LogP contribution in [-0.4, -0.2) is 56.2 Å². The van der Waals surface area contributed by atoms with Crippen LogP contribution in [0.1, 0.15) is 104 Å². The fourth-order valence-electron chi connectivity index (χ4n) is 3.38. The zero-order chi connectivity index (χ0) is 33.8. The summed E-state index contributed by atoms with van der Waals surface area (Å²) in [6, 6.07) is 4.12. The summed E-state index contributed by atoms with van der Waals surface area (Å²) in [4.78, 5) is 43.8. The van der Waals surface area contributed by atoms with Crippen LogP contribution >= 0.6 is 46.4 Å². The van der Waals surface area contributed by atoms with Gasteiger partial charge >= 0.3 is 11.9 Å². The highest BCUT2D eigenvalue weighted by molar-refractivity contribution is 6.43. The Hall–Kier alpha value is -3.38. The van der Waals surface area contributed by atoms with E-state index in [2.05, 4.69) is 28.8 Å². The highest BCUT2D eigenvalue weighted by Gasteiger charge is 2.15. The fraction of sp³-hybridized carbons (Fsp3) is 0.419. The Bertz CT molecular complexity index is 1320. The standard InChI is InChI=1S/C12H17ClN2O2.C12H16ClNO3.C6H3Cl2NO2.CH4/c1-2-3-4-5-8-17-12-10(13)9(11(14)16)6-7-15-12;1-2-3-4-5-8-17-11-10(13)9(12(15)16)6-7-14-11;7-4-3(6(10)11)1-2-9-5(4)8;/h6-7H,2-5,8H2,1H3,(H2,14,16);6-7H,2-5,8H2,1H3,(H,15,16);1-2H,(H,10,11);1H4. The lowest BCUT2D eigenvalue weighted by Gasteiger charge is -2.08. The van der Waals surface area contributed by atoms with Crippen molar-refractivity contribution < 1.29 is 34.1 Å². The fourth-order valence-corrected chi connectivity index (χ4v) is 4.24. The summed E-state index contributed by atoms with van der Waals surface area (Å²) in [5.74, 6) is -2.29. The molecule has 3 heterocycles. The van der Waals surface area contributed by atoms with Crippen LogP contribution in [0.4, 0.5) is 0 Å². The van der Waals surface area contributed by atoms with E-state index in [1.807, 2.05) is 0 Å². The van der Waals surface area contributed by atoms with Crippen LogP contribution in [0.5, 0.6) is 11.8 Å². The Labute approximate surface area is 289 Å². The number of carbonyl (C=O) groups is 3. The van der Waals surface area contributed by atoms with Crippen LogP contribution in [0.15, 0.2) is 36.8 Å². The Balaban J connectivity index is 0.000000669. The molecule has 15 heteroatoms. The van der Waals surface area contributed by atoms with Crippen molar-refractivity contribution in [2.75, 3.05) is 13.2 Å². The number of primary amides is 1. The predicted molar refractivity (Wildman–Crippen MR) is 181 cm³/mol. The number of rotatable bonds is 15. The second kappa shape index (κ2) is 23.9. The smallest absolute Gasteiger partial charge is 0.337 e. The summed E-state index contributed by atoms with van der Waals surface area (Å²) in [6.45, 7) is 5.34. The number of carboxylic acid groups (broad SMARTS) is 2. The van der Waals surface area contributed by atoms with E-state index in [4.69, 9.17) is 71.8 Å². The molecule has 0 saturated carbocycles. The zero-order valence-electron chi connectivity index (χ0n) is 24.9. The Morgan fingerprint density at radius 2 is 1.04 bits per heavy atom. The topological polar surface area (TPSA) is 175 Å². The maximum Gasteiger partial charge on any atom is 0.337 e. The quantitative estimate of drug-likeness (QED) is 0.101. The van der Waals surface area contributed by atoms with E-state index in [1.54, 1.807) is 0 Å². The van der Waals surface area contributed by atoms with E-state index in [1.165, 1.54) is 56.1 Å². The van der Waals surface area contributed by atoms with E-state index in [-0.39, 0.29) is 56.1 Å². The molecule has 0 fully saturated rings. The van der Waals surface area contributed by atoms with Gasteiger partial charge in [0, 0.05) is 18.6 Å². The molecule has 0 aromatic carbocycles. The molecule has 3 aromatic heterocycles. The number of carbonyl (C=O) groups excluding carboxylic acids is 1. The molecule has 11 nitrogen and oxygen atoms in total. The monoisotopic (exact) mass is 720 g/mol. The van der Waals surface area contributed by atoms with Gasteiger partial charge in [0.05, 0.1) is 34.9 Å². The lowest BCUT2D eigenvalue weighted by Crippen LogP contribution is -2.12. The number of unbranched alkanes of at least 4 members (excludes halogenated alkanes) is 6. The molecule has 0 bridgehead atoms. The molecule has 0 unspecified atom stereocenters. The van der Waals surface area contributed by atoms with Crippen molar-refractivity contribution in [1.29, 1.82) is 0 Å². The van der Waals surface area contributed by atoms with Crippen molar-refractivity contribution in [3.05, 3.63) is 73.7 Å². The van der Waals surface area contributed by atoms with Gasteiger partial charge in [-0.25, -0.2) is 24.5 Å². The van der Waals surface area contributed by atoms with Gasteiger partial charge in [0.25, 0.3) is 0 Å². The van der Waals surface area contributed by atoms with Crippen LogP contribution in [0.3, 0.4) is 0 Å². The maximum atomic E-state index is 11.0. The number of carboxylic acids is 2. The van der Waals surface area contributed by atoms with Gasteiger partial charge in [-0.15, -0.1) is 0 Å². The molecule has 0 spiro atoms. The Morgan fingerprint density at radius 1 is 0.652 bits per heavy atom. The number of ether oxygens (including phenoxy) is 2. The molecule has 0 aliphatic rings. The third kappa shape index (κ3) is 15.3. The number of pyridine rings is 3. The first-order valence-electron chi connectivity index (χ1n) is 14.1. The van der Waals surface area contributed by atoms with E-state index in [0.29, 0.717) is 13.2 Å². The summed E-state index contributed by atoms with van der Waals surface area (Å²) in [5, 5.41) is 17.6. The summed E-state index contributed by atoms with van der Waals surface area (Å²) < 4.78 is 10.8. The molecular weight excluding hydrogens is 682 g/mol. The lowest BCUT2D eigenvalue weighted by atomic mass is 10.2. The van der Waals surface area contributed by atoms with Crippen LogP contribution in [-0.2, 0) is 0 Å². The molecule has 4 N–H and O–H groups in total. The van der Waals surface area contributed by atoms with E-state index in [9.17, 15) is 14.4 Å². The number of hydrogen-bond acceptors (Lipinski definition) is 8. The van der Waals surface area contributed by atoms with Crippen molar-refractivity contribution >= 4 is 64.2 Å². The minimum Gasteiger partial charge on any atom is -0.478 e. The van der Waals surface area contributed by atoms with Crippen molar-refractivity contribution in [2.45, 2.75) is 72.6 Å². The lowest BCUT2D eigenvalue weighted by molar-refractivity contribution is 0.0686. The van der Waals surface area contributed by atoms with Crippen LogP contribution in [0.25, 0.3) is 0 Å². The Kier molecular flexibility index (Phi) is 22.1. The SMILES string of the molecule is C.CCCCCCOc1nccc(C(=O)O)c1Cl.CCCCCCOc1nccc(C(N)=O)c1Cl.O=C(O)c1ccnc(Cl)c1Cl. The van der Waals surface area contributed by atoms with Crippen molar-refractivity contribution in [3.63, 3.8) is 0 Å². The van der Waals surface area contributed by atoms with Crippen LogP contribution in [0, 0.1) is 0 Å². The number of halogens is 4. The zero-order valence-corrected chi connectivity index (χ0v) is 27.9. The average Bonchev–Trinajstić information content (AvgIpc) is 3.00. The minimum absolute atomic E-state index is 0. The molecule has 0 saturated heterocycles.